The molecule has 0 unspecified atom stereocenters. The van der Waals surface area contributed by atoms with Gasteiger partial charge in [-0.1, -0.05) is 39.8 Å². The molecule has 8 heteroatoms. The first-order valence-corrected chi connectivity index (χ1v) is 8.93. The van der Waals surface area contributed by atoms with Gasteiger partial charge in [0, 0.05) is 10.2 Å². The Balaban J connectivity index is 1.64. The molecule has 0 atom stereocenters. The fourth-order valence-electron chi connectivity index (χ4n) is 2.06. The lowest BCUT2D eigenvalue weighted by atomic mass is 10.2. The van der Waals surface area contributed by atoms with E-state index in [4.69, 9.17) is 0 Å². The number of amides is 1. The topological polar surface area (TPSA) is 72.7 Å². The van der Waals surface area contributed by atoms with Crippen molar-refractivity contribution in [2.75, 3.05) is 11.1 Å². The molecule has 0 spiro atoms. The predicted molar refractivity (Wildman–Crippen MR) is 97.4 cm³/mol. The summed E-state index contributed by atoms with van der Waals surface area (Å²) in [6.07, 6.45) is 0. The zero-order valence-electron chi connectivity index (χ0n) is 12.8. The van der Waals surface area contributed by atoms with Crippen molar-refractivity contribution in [1.29, 1.82) is 0 Å². The largest absolute Gasteiger partial charge is 0.325 e. The summed E-state index contributed by atoms with van der Waals surface area (Å²) < 4.78 is 2.59. The quantitative estimate of drug-likeness (QED) is 0.660. The molecule has 6 nitrogen and oxygen atoms in total. The average Bonchev–Trinajstić information content (AvgIpc) is 3.02. The maximum atomic E-state index is 12.1. The van der Waals surface area contributed by atoms with E-state index in [1.54, 1.807) is 4.68 Å². The SMILES string of the molecule is Cc1cccc(NC(=O)CSc2nnnn2-c2ccc(Br)cc2)c1. The Hall–Kier alpha value is -2.19. The number of nitrogens with one attached hydrogen (secondary N) is 1. The minimum absolute atomic E-state index is 0.101. The fourth-order valence-corrected chi connectivity index (χ4v) is 3.02. The minimum atomic E-state index is -0.101. The van der Waals surface area contributed by atoms with E-state index in [0.717, 1.165) is 21.4 Å². The molecule has 1 amide bonds. The van der Waals surface area contributed by atoms with Gasteiger partial charge in [0.25, 0.3) is 0 Å². The van der Waals surface area contributed by atoms with Crippen LogP contribution in [-0.4, -0.2) is 31.9 Å². The third-order valence-electron chi connectivity index (χ3n) is 3.15. The van der Waals surface area contributed by atoms with Crippen LogP contribution < -0.4 is 5.32 Å². The van der Waals surface area contributed by atoms with Crippen LogP contribution in [0.4, 0.5) is 5.69 Å². The van der Waals surface area contributed by atoms with Crippen molar-refractivity contribution in [2.24, 2.45) is 0 Å². The predicted octanol–water partition coefficient (Wildman–Crippen LogP) is 3.46. The first-order valence-electron chi connectivity index (χ1n) is 7.15. The van der Waals surface area contributed by atoms with Gasteiger partial charge in [0.15, 0.2) is 0 Å². The number of rotatable bonds is 5. The number of hydrogen-bond donors (Lipinski definition) is 1. The molecular weight excluding hydrogens is 390 g/mol. The molecule has 24 heavy (non-hydrogen) atoms. The van der Waals surface area contributed by atoms with Crippen LogP contribution in [0, 0.1) is 6.92 Å². The maximum absolute atomic E-state index is 12.1. The lowest BCUT2D eigenvalue weighted by Crippen LogP contribution is -2.14. The Morgan fingerprint density at radius 3 is 2.79 bits per heavy atom. The van der Waals surface area contributed by atoms with E-state index in [9.17, 15) is 4.79 Å². The number of tetrazole rings is 1. The van der Waals surface area contributed by atoms with Crippen LogP contribution in [0.3, 0.4) is 0 Å². The highest BCUT2D eigenvalue weighted by Crippen LogP contribution is 2.20. The van der Waals surface area contributed by atoms with Crippen molar-refractivity contribution >= 4 is 39.3 Å². The van der Waals surface area contributed by atoms with E-state index >= 15 is 0 Å². The van der Waals surface area contributed by atoms with Gasteiger partial charge in [0.2, 0.25) is 11.1 Å². The van der Waals surface area contributed by atoms with Crippen molar-refractivity contribution < 1.29 is 4.79 Å². The number of hydrogen-bond acceptors (Lipinski definition) is 5. The van der Waals surface area contributed by atoms with Gasteiger partial charge in [-0.25, -0.2) is 0 Å². The van der Waals surface area contributed by atoms with Crippen molar-refractivity contribution in [2.45, 2.75) is 12.1 Å². The molecule has 0 saturated carbocycles. The van der Waals surface area contributed by atoms with Gasteiger partial charge in [0.05, 0.1) is 11.4 Å². The Bertz CT molecular complexity index is 850. The molecule has 0 aliphatic heterocycles. The summed E-state index contributed by atoms with van der Waals surface area (Å²) in [5, 5.41) is 15.1. The molecule has 1 aromatic heterocycles. The summed E-state index contributed by atoms with van der Waals surface area (Å²) in [5.74, 6) is 0.126. The van der Waals surface area contributed by atoms with E-state index in [0.29, 0.717) is 5.16 Å². The van der Waals surface area contributed by atoms with Crippen molar-refractivity contribution in [3.63, 3.8) is 0 Å². The van der Waals surface area contributed by atoms with Crippen molar-refractivity contribution in [3.05, 3.63) is 58.6 Å². The number of aryl methyl sites for hydroxylation is 1. The number of nitrogens with zero attached hydrogens (tertiary/aromatic N) is 4. The lowest BCUT2D eigenvalue weighted by Gasteiger charge is -2.06. The van der Waals surface area contributed by atoms with Crippen LogP contribution in [0.2, 0.25) is 0 Å². The highest BCUT2D eigenvalue weighted by atomic mass is 79.9. The zero-order chi connectivity index (χ0) is 16.9. The van der Waals surface area contributed by atoms with Gasteiger partial charge in [0.1, 0.15) is 0 Å². The fraction of sp³-hybridized carbons (Fsp3) is 0.125. The summed E-state index contributed by atoms with van der Waals surface area (Å²) in [6.45, 7) is 1.98. The summed E-state index contributed by atoms with van der Waals surface area (Å²) in [5.41, 5.74) is 2.72. The minimum Gasteiger partial charge on any atom is -0.325 e. The Kier molecular flexibility index (Phi) is 5.27. The standard InChI is InChI=1S/C16H14BrN5OS/c1-11-3-2-4-13(9-11)18-15(23)10-24-16-19-20-21-22(16)14-7-5-12(17)6-8-14/h2-9H,10H2,1H3,(H,18,23). The summed E-state index contributed by atoms with van der Waals surface area (Å²) in [6, 6.07) is 15.3. The number of anilines is 1. The molecule has 122 valence electrons. The second-order valence-corrected chi connectivity index (χ2v) is 6.91. The molecule has 3 rings (SSSR count). The number of carbonyl (C=O) groups excluding carboxylic acids is 1. The number of aromatic nitrogens is 4. The van der Waals surface area contributed by atoms with Crippen LogP contribution in [0.5, 0.6) is 0 Å². The number of carbonyl (C=O) groups is 1. The molecule has 1 heterocycles. The third-order valence-corrected chi connectivity index (χ3v) is 4.59. The normalized spacial score (nSPS) is 10.6. The first-order chi connectivity index (χ1) is 11.6. The smallest absolute Gasteiger partial charge is 0.234 e. The average molecular weight is 404 g/mol. The van der Waals surface area contributed by atoms with E-state index < -0.39 is 0 Å². The van der Waals surface area contributed by atoms with Gasteiger partial charge in [-0.15, -0.1) is 5.10 Å². The highest BCUT2D eigenvalue weighted by Gasteiger charge is 2.11. The molecule has 3 aromatic rings. The molecule has 2 aromatic carbocycles. The van der Waals surface area contributed by atoms with Gasteiger partial charge >= 0.3 is 0 Å². The molecule has 0 aliphatic carbocycles. The molecule has 0 fully saturated rings. The van der Waals surface area contributed by atoms with E-state index in [1.165, 1.54) is 11.8 Å². The van der Waals surface area contributed by atoms with Gasteiger partial charge in [-0.2, -0.15) is 4.68 Å². The molecule has 0 aliphatic rings. The molecule has 1 N–H and O–H groups in total. The second kappa shape index (κ2) is 7.59. The van der Waals surface area contributed by atoms with Crippen LogP contribution in [0.15, 0.2) is 58.2 Å². The molecule has 0 bridgehead atoms. The van der Waals surface area contributed by atoms with Gasteiger partial charge in [-0.3, -0.25) is 4.79 Å². The van der Waals surface area contributed by atoms with Gasteiger partial charge in [-0.05, 0) is 59.3 Å². The summed E-state index contributed by atoms with van der Waals surface area (Å²) >= 11 is 4.68. The van der Waals surface area contributed by atoms with Gasteiger partial charge < -0.3 is 5.32 Å². The molecular formula is C16H14BrN5OS. The van der Waals surface area contributed by atoms with Crippen LogP contribution in [-0.2, 0) is 4.79 Å². The van der Waals surface area contributed by atoms with E-state index in [-0.39, 0.29) is 11.7 Å². The number of halogens is 1. The van der Waals surface area contributed by atoms with Crippen LogP contribution >= 0.6 is 27.7 Å². The van der Waals surface area contributed by atoms with Crippen molar-refractivity contribution in [3.8, 4) is 5.69 Å². The first kappa shape index (κ1) is 16.7. The van der Waals surface area contributed by atoms with Crippen LogP contribution in [0.25, 0.3) is 5.69 Å². The molecule has 0 radical (unpaired) electrons. The van der Waals surface area contributed by atoms with E-state index in [1.807, 2.05) is 55.5 Å². The monoisotopic (exact) mass is 403 g/mol. The summed E-state index contributed by atoms with van der Waals surface area (Å²) in [7, 11) is 0. The number of thioether (sulfide) groups is 1. The maximum Gasteiger partial charge on any atom is 0.234 e. The summed E-state index contributed by atoms with van der Waals surface area (Å²) in [4.78, 5) is 12.1. The van der Waals surface area contributed by atoms with Crippen LogP contribution in [0.1, 0.15) is 5.56 Å². The van der Waals surface area contributed by atoms with E-state index in [2.05, 4.69) is 36.8 Å². The number of benzene rings is 2. The second-order valence-electron chi connectivity index (χ2n) is 5.06. The Morgan fingerprint density at radius 2 is 2.04 bits per heavy atom. The lowest BCUT2D eigenvalue weighted by molar-refractivity contribution is -0.113. The highest BCUT2D eigenvalue weighted by molar-refractivity contribution is 9.10. The van der Waals surface area contributed by atoms with Crippen molar-refractivity contribution in [1.82, 2.24) is 20.2 Å². The Labute approximate surface area is 151 Å². The molecule has 0 saturated heterocycles. The Morgan fingerprint density at radius 1 is 1.25 bits per heavy atom. The third kappa shape index (κ3) is 4.21. The zero-order valence-corrected chi connectivity index (χ0v) is 15.2.